The Kier molecular flexibility index (Phi) is 5.00. The number of carbonyl (C=O) groups excluding carboxylic acids is 1. The number of nitrogens with one attached hydrogen (secondary N) is 1. The number of aryl methyl sites for hydroxylation is 1. The van der Waals surface area contributed by atoms with Crippen molar-refractivity contribution < 1.29 is 10.0 Å². The quantitative estimate of drug-likeness (QED) is 0.314. The fourth-order valence-electron chi connectivity index (χ4n) is 1.52. The van der Waals surface area contributed by atoms with Crippen LogP contribution in [0.15, 0.2) is 29.4 Å². The number of oxime groups is 1. The van der Waals surface area contributed by atoms with E-state index in [0.717, 1.165) is 24.1 Å². The van der Waals surface area contributed by atoms with Crippen LogP contribution in [0.2, 0.25) is 0 Å². The van der Waals surface area contributed by atoms with Crippen LogP contribution in [0.4, 0.5) is 5.69 Å². The van der Waals surface area contributed by atoms with Gasteiger partial charge in [-0.2, -0.15) is 0 Å². The van der Waals surface area contributed by atoms with Crippen LogP contribution in [-0.4, -0.2) is 17.0 Å². The SMILES string of the molecule is CCCc1ccccc1NC(=O)CC(N)=NO. The summed E-state index contributed by atoms with van der Waals surface area (Å²) in [5.41, 5.74) is 7.13. The molecule has 92 valence electrons. The maximum absolute atomic E-state index is 11.6. The van der Waals surface area contributed by atoms with Gasteiger partial charge in [-0.05, 0) is 18.1 Å². The van der Waals surface area contributed by atoms with Gasteiger partial charge in [-0.25, -0.2) is 0 Å². The lowest BCUT2D eigenvalue weighted by atomic mass is 10.1. The Morgan fingerprint density at radius 3 is 2.82 bits per heavy atom. The predicted molar refractivity (Wildman–Crippen MR) is 67.1 cm³/mol. The largest absolute Gasteiger partial charge is 0.409 e. The van der Waals surface area contributed by atoms with E-state index in [0.29, 0.717) is 0 Å². The number of hydrogen-bond acceptors (Lipinski definition) is 3. The molecule has 0 aromatic heterocycles. The maximum atomic E-state index is 11.6. The number of anilines is 1. The molecule has 0 atom stereocenters. The summed E-state index contributed by atoms with van der Waals surface area (Å²) < 4.78 is 0. The number of benzene rings is 1. The van der Waals surface area contributed by atoms with Crippen molar-refractivity contribution in [3.63, 3.8) is 0 Å². The molecule has 1 aromatic carbocycles. The Hall–Kier alpha value is -2.04. The Balaban J connectivity index is 2.70. The number of rotatable bonds is 5. The molecule has 0 spiro atoms. The minimum atomic E-state index is -0.288. The molecule has 1 rings (SSSR count). The second-order valence-corrected chi connectivity index (χ2v) is 3.72. The summed E-state index contributed by atoms with van der Waals surface area (Å²) in [7, 11) is 0. The van der Waals surface area contributed by atoms with Crippen molar-refractivity contribution >= 4 is 17.4 Å². The first-order chi connectivity index (χ1) is 8.17. The highest BCUT2D eigenvalue weighted by atomic mass is 16.4. The molecule has 0 bridgehead atoms. The molecule has 0 saturated carbocycles. The minimum Gasteiger partial charge on any atom is -0.409 e. The first-order valence-electron chi connectivity index (χ1n) is 5.51. The van der Waals surface area contributed by atoms with E-state index in [-0.39, 0.29) is 18.2 Å². The van der Waals surface area contributed by atoms with Crippen LogP contribution in [0.5, 0.6) is 0 Å². The van der Waals surface area contributed by atoms with Gasteiger partial charge in [-0.15, -0.1) is 0 Å². The molecule has 5 heteroatoms. The summed E-state index contributed by atoms with van der Waals surface area (Å²) in [5.74, 6) is -0.390. The summed E-state index contributed by atoms with van der Waals surface area (Å²) in [4.78, 5) is 11.6. The summed E-state index contributed by atoms with van der Waals surface area (Å²) in [6.45, 7) is 2.08. The molecule has 0 unspecified atom stereocenters. The van der Waals surface area contributed by atoms with Gasteiger partial charge >= 0.3 is 0 Å². The molecule has 1 aromatic rings. The smallest absolute Gasteiger partial charge is 0.232 e. The number of hydrogen-bond donors (Lipinski definition) is 3. The van der Waals surface area contributed by atoms with E-state index in [4.69, 9.17) is 10.9 Å². The van der Waals surface area contributed by atoms with Crippen molar-refractivity contribution in [2.75, 3.05) is 5.32 Å². The fourth-order valence-corrected chi connectivity index (χ4v) is 1.52. The van der Waals surface area contributed by atoms with Gasteiger partial charge in [0.2, 0.25) is 5.91 Å². The van der Waals surface area contributed by atoms with Crippen molar-refractivity contribution in [3.8, 4) is 0 Å². The van der Waals surface area contributed by atoms with Gasteiger partial charge in [0.15, 0.2) is 0 Å². The van der Waals surface area contributed by atoms with Gasteiger partial charge in [-0.1, -0.05) is 36.7 Å². The number of nitrogens with two attached hydrogens (primary N) is 1. The van der Waals surface area contributed by atoms with Crippen molar-refractivity contribution in [1.29, 1.82) is 0 Å². The summed E-state index contributed by atoms with van der Waals surface area (Å²) in [6, 6.07) is 7.61. The third-order valence-corrected chi connectivity index (χ3v) is 2.28. The third kappa shape index (κ3) is 4.14. The Morgan fingerprint density at radius 1 is 1.47 bits per heavy atom. The molecule has 0 radical (unpaired) electrons. The average Bonchev–Trinajstić information content (AvgIpc) is 2.31. The topological polar surface area (TPSA) is 87.7 Å². The lowest BCUT2D eigenvalue weighted by molar-refractivity contribution is -0.115. The van der Waals surface area contributed by atoms with E-state index >= 15 is 0 Å². The molecule has 0 fully saturated rings. The van der Waals surface area contributed by atoms with Gasteiger partial charge in [0.25, 0.3) is 0 Å². The van der Waals surface area contributed by atoms with Crippen LogP contribution >= 0.6 is 0 Å². The fraction of sp³-hybridized carbons (Fsp3) is 0.333. The zero-order chi connectivity index (χ0) is 12.7. The third-order valence-electron chi connectivity index (χ3n) is 2.28. The Labute approximate surface area is 100 Å². The lowest BCUT2D eigenvalue weighted by Crippen LogP contribution is -2.22. The van der Waals surface area contributed by atoms with E-state index in [2.05, 4.69) is 17.4 Å². The van der Waals surface area contributed by atoms with E-state index in [1.807, 2.05) is 24.3 Å². The van der Waals surface area contributed by atoms with Crippen LogP contribution in [0.25, 0.3) is 0 Å². The summed E-state index contributed by atoms with van der Waals surface area (Å²) in [5, 5.41) is 13.9. The van der Waals surface area contributed by atoms with Crippen molar-refractivity contribution in [3.05, 3.63) is 29.8 Å². The standard InChI is InChI=1S/C12H17N3O2/c1-2-5-9-6-3-4-7-10(9)14-12(16)8-11(13)15-17/h3-4,6-7,17H,2,5,8H2,1H3,(H2,13,15)(H,14,16). The van der Waals surface area contributed by atoms with Gasteiger partial charge in [0, 0.05) is 5.69 Å². The van der Waals surface area contributed by atoms with Crippen LogP contribution in [-0.2, 0) is 11.2 Å². The minimum absolute atomic E-state index is 0.101. The maximum Gasteiger partial charge on any atom is 0.232 e. The molecule has 0 heterocycles. The van der Waals surface area contributed by atoms with Crippen molar-refractivity contribution in [1.82, 2.24) is 0 Å². The summed E-state index contributed by atoms with van der Waals surface area (Å²) >= 11 is 0. The number of para-hydroxylation sites is 1. The number of carbonyl (C=O) groups is 1. The first-order valence-corrected chi connectivity index (χ1v) is 5.51. The second kappa shape index (κ2) is 6.52. The number of amidine groups is 1. The van der Waals surface area contributed by atoms with E-state index in [9.17, 15) is 4.79 Å². The van der Waals surface area contributed by atoms with Crippen LogP contribution in [0.3, 0.4) is 0 Å². The molecule has 0 aliphatic carbocycles. The Morgan fingerprint density at radius 2 is 2.18 bits per heavy atom. The lowest BCUT2D eigenvalue weighted by Gasteiger charge is -2.09. The average molecular weight is 235 g/mol. The number of nitrogens with zero attached hydrogens (tertiary/aromatic N) is 1. The van der Waals surface area contributed by atoms with E-state index < -0.39 is 0 Å². The highest BCUT2D eigenvalue weighted by molar-refractivity contribution is 6.05. The highest BCUT2D eigenvalue weighted by Crippen LogP contribution is 2.16. The van der Waals surface area contributed by atoms with Gasteiger partial charge in [0.1, 0.15) is 5.84 Å². The molecule has 0 saturated heterocycles. The van der Waals surface area contributed by atoms with Crippen molar-refractivity contribution in [2.24, 2.45) is 10.9 Å². The zero-order valence-corrected chi connectivity index (χ0v) is 9.81. The van der Waals surface area contributed by atoms with Gasteiger partial charge in [0.05, 0.1) is 6.42 Å². The van der Waals surface area contributed by atoms with Crippen molar-refractivity contribution in [2.45, 2.75) is 26.2 Å². The molecule has 5 nitrogen and oxygen atoms in total. The van der Waals surface area contributed by atoms with E-state index in [1.165, 1.54) is 0 Å². The van der Waals surface area contributed by atoms with Gasteiger partial charge < -0.3 is 16.3 Å². The molecule has 4 N–H and O–H groups in total. The molecular formula is C12H17N3O2. The summed E-state index contributed by atoms with van der Waals surface area (Å²) in [6.07, 6.45) is 1.80. The monoisotopic (exact) mass is 235 g/mol. The molecule has 0 aliphatic rings. The molecular weight excluding hydrogens is 218 g/mol. The van der Waals surface area contributed by atoms with Crippen LogP contribution in [0.1, 0.15) is 25.3 Å². The molecule has 17 heavy (non-hydrogen) atoms. The zero-order valence-electron chi connectivity index (χ0n) is 9.81. The Bertz CT molecular complexity index is 416. The second-order valence-electron chi connectivity index (χ2n) is 3.72. The first kappa shape index (κ1) is 13.0. The molecule has 1 amide bonds. The highest BCUT2D eigenvalue weighted by Gasteiger charge is 2.07. The predicted octanol–water partition coefficient (Wildman–Crippen LogP) is 1.71. The molecule has 0 aliphatic heterocycles. The number of amides is 1. The van der Waals surface area contributed by atoms with E-state index in [1.54, 1.807) is 0 Å². The normalized spacial score (nSPS) is 11.2. The van der Waals surface area contributed by atoms with Crippen LogP contribution in [0, 0.1) is 0 Å². The van der Waals surface area contributed by atoms with Crippen LogP contribution < -0.4 is 11.1 Å². The van der Waals surface area contributed by atoms with Gasteiger partial charge in [-0.3, -0.25) is 4.79 Å².